The first-order valence-electron chi connectivity index (χ1n) is 7.48. The van der Waals surface area contributed by atoms with E-state index < -0.39 is 10.0 Å². The van der Waals surface area contributed by atoms with Gasteiger partial charge in [-0.1, -0.05) is 24.3 Å². The number of sulfonamides is 1. The van der Waals surface area contributed by atoms with Crippen molar-refractivity contribution in [2.75, 3.05) is 4.31 Å². The van der Waals surface area contributed by atoms with Crippen molar-refractivity contribution in [1.29, 1.82) is 0 Å². The van der Waals surface area contributed by atoms with Gasteiger partial charge in [-0.15, -0.1) is 0 Å². The third kappa shape index (κ3) is 1.73. The molecule has 24 heavy (non-hydrogen) atoms. The van der Waals surface area contributed by atoms with Gasteiger partial charge in [-0.25, -0.2) is 18.4 Å². The number of hydrogen-bond acceptors (Lipinski definition) is 4. The highest BCUT2D eigenvalue weighted by molar-refractivity contribution is 7.93. The number of anilines is 1. The first-order chi connectivity index (χ1) is 11.6. The lowest BCUT2D eigenvalue weighted by Crippen LogP contribution is -2.26. The number of nitrogens with zero attached hydrogens (tertiary/aromatic N) is 4. The first kappa shape index (κ1) is 13.5. The van der Waals surface area contributed by atoms with E-state index >= 15 is 0 Å². The second-order valence-electron chi connectivity index (χ2n) is 5.70. The molecule has 0 saturated heterocycles. The molecule has 0 bridgehead atoms. The molecule has 0 atom stereocenters. The molecular formula is C17H12N4O2S. The molecule has 0 unspecified atom stereocenters. The van der Waals surface area contributed by atoms with E-state index in [2.05, 4.69) is 9.97 Å². The summed E-state index contributed by atoms with van der Waals surface area (Å²) < 4.78 is 29.1. The Hall–Kier alpha value is -2.93. The molecule has 6 nitrogen and oxygen atoms in total. The van der Waals surface area contributed by atoms with Gasteiger partial charge < -0.3 is 0 Å². The Kier molecular flexibility index (Phi) is 2.56. The van der Waals surface area contributed by atoms with Gasteiger partial charge in [0, 0.05) is 24.0 Å². The average molecular weight is 336 g/mol. The molecule has 3 heterocycles. The second kappa shape index (κ2) is 4.55. The third-order valence-electron chi connectivity index (χ3n) is 4.27. The van der Waals surface area contributed by atoms with Crippen LogP contribution in [0.4, 0.5) is 5.69 Å². The minimum absolute atomic E-state index is 0.180. The van der Waals surface area contributed by atoms with E-state index in [9.17, 15) is 8.42 Å². The van der Waals surface area contributed by atoms with Crippen molar-refractivity contribution in [1.82, 2.24) is 14.4 Å². The molecule has 118 valence electrons. The molecule has 7 heteroatoms. The summed E-state index contributed by atoms with van der Waals surface area (Å²) in [5.41, 5.74) is 1.36. The van der Waals surface area contributed by atoms with Crippen molar-refractivity contribution < 1.29 is 8.42 Å². The third-order valence-corrected chi connectivity index (χ3v) is 6.07. The highest BCUT2D eigenvalue weighted by Gasteiger charge is 2.35. The Morgan fingerprint density at radius 3 is 2.71 bits per heavy atom. The average Bonchev–Trinajstić information content (AvgIpc) is 3.09. The van der Waals surface area contributed by atoms with Gasteiger partial charge in [-0.05, 0) is 23.6 Å². The van der Waals surface area contributed by atoms with E-state index in [-0.39, 0.29) is 6.54 Å². The molecule has 5 rings (SSSR count). The molecule has 1 aliphatic rings. The van der Waals surface area contributed by atoms with E-state index in [4.69, 9.17) is 0 Å². The van der Waals surface area contributed by atoms with Gasteiger partial charge in [0.05, 0.1) is 22.8 Å². The Bertz CT molecular complexity index is 1180. The number of imidazole rings is 1. The number of hydrogen-bond donors (Lipinski definition) is 0. The molecule has 0 spiro atoms. The summed E-state index contributed by atoms with van der Waals surface area (Å²) in [7, 11) is -3.57. The molecule has 2 aromatic heterocycles. The van der Waals surface area contributed by atoms with Crippen LogP contribution in [0.1, 0.15) is 5.69 Å². The van der Waals surface area contributed by atoms with E-state index in [0.29, 0.717) is 22.1 Å². The minimum atomic E-state index is -3.57. The van der Waals surface area contributed by atoms with Crippen LogP contribution >= 0.6 is 0 Å². The fourth-order valence-electron chi connectivity index (χ4n) is 3.23. The number of rotatable bonds is 2. The molecule has 0 N–H and O–H groups in total. The fourth-order valence-corrected chi connectivity index (χ4v) is 4.91. The molecule has 0 amide bonds. The van der Waals surface area contributed by atoms with Gasteiger partial charge in [0.2, 0.25) is 5.78 Å². The van der Waals surface area contributed by atoms with Crippen LogP contribution in [0.3, 0.4) is 0 Å². The lowest BCUT2D eigenvalue weighted by molar-refractivity contribution is 0.593. The monoisotopic (exact) mass is 336 g/mol. The summed E-state index contributed by atoms with van der Waals surface area (Å²) in [5, 5.41) is 1.70. The molecule has 0 aliphatic carbocycles. The second-order valence-corrected chi connectivity index (χ2v) is 7.53. The lowest BCUT2D eigenvalue weighted by atomic mass is 10.1. The lowest BCUT2D eigenvalue weighted by Gasteiger charge is -2.17. The van der Waals surface area contributed by atoms with E-state index in [1.165, 1.54) is 4.31 Å². The molecule has 0 fully saturated rings. The summed E-state index contributed by atoms with van der Waals surface area (Å²) >= 11 is 0. The van der Waals surface area contributed by atoms with Gasteiger partial charge in [0.15, 0.2) is 0 Å². The van der Waals surface area contributed by atoms with Crippen LogP contribution in [0, 0.1) is 0 Å². The molecule has 1 aliphatic heterocycles. The van der Waals surface area contributed by atoms with E-state index in [0.717, 1.165) is 10.8 Å². The standard InChI is InChI=1S/C17H12N4O2S/c22-24(23)15-7-2-5-12-4-1-6-14(16(12)15)21(24)11-13-10-20-9-3-8-18-17(20)19-13/h1-10H,11H2. The van der Waals surface area contributed by atoms with Crippen molar-refractivity contribution in [3.63, 3.8) is 0 Å². The van der Waals surface area contributed by atoms with Gasteiger partial charge in [0.25, 0.3) is 10.0 Å². The van der Waals surface area contributed by atoms with E-state index in [1.807, 2.05) is 36.5 Å². The Balaban J connectivity index is 1.68. The Labute approximate surface area is 138 Å². The Morgan fingerprint density at radius 2 is 1.88 bits per heavy atom. The maximum absolute atomic E-state index is 13.0. The smallest absolute Gasteiger partial charge is 0.265 e. The van der Waals surface area contributed by atoms with Crippen LogP contribution in [0.15, 0.2) is 66.0 Å². The molecular weight excluding hydrogens is 324 g/mol. The number of fused-ring (bicyclic) bond motifs is 1. The van der Waals surface area contributed by atoms with Crippen LogP contribution in [0.5, 0.6) is 0 Å². The van der Waals surface area contributed by atoms with Crippen molar-refractivity contribution in [2.24, 2.45) is 0 Å². The predicted molar refractivity (Wildman–Crippen MR) is 90.3 cm³/mol. The minimum Gasteiger partial charge on any atom is -0.291 e. The molecule has 0 radical (unpaired) electrons. The molecule has 0 saturated carbocycles. The van der Waals surface area contributed by atoms with Crippen molar-refractivity contribution in [3.8, 4) is 0 Å². The Morgan fingerprint density at radius 1 is 1.04 bits per heavy atom. The quantitative estimate of drug-likeness (QED) is 0.564. The van der Waals surface area contributed by atoms with Crippen LogP contribution in [0.25, 0.3) is 16.6 Å². The number of aromatic nitrogens is 3. The summed E-state index contributed by atoms with van der Waals surface area (Å²) in [5.74, 6) is 0.555. The zero-order valence-corrected chi connectivity index (χ0v) is 13.3. The van der Waals surface area contributed by atoms with E-state index in [1.54, 1.807) is 28.9 Å². The predicted octanol–water partition coefficient (Wildman–Crippen LogP) is 2.59. The van der Waals surface area contributed by atoms with Gasteiger partial charge >= 0.3 is 0 Å². The zero-order valence-electron chi connectivity index (χ0n) is 12.5. The largest absolute Gasteiger partial charge is 0.291 e. The van der Waals surface area contributed by atoms with Crippen molar-refractivity contribution in [2.45, 2.75) is 11.4 Å². The highest BCUT2D eigenvalue weighted by Crippen LogP contribution is 2.42. The summed E-state index contributed by atoms with van der Waals surface area (Å²) in [6, 6.07) is 12.8. The molecule has 2 aromatic carbocycles. The topological polar surface area (TPSA) is 67.6 Å². The van der Waals surface area contributed by atoms with Gasteiger partial charge in [0.1, 0.15) is 0 Å². The summed E-state index contributed by atoms with van der Waals surface area (Å²) in [6.45, 7) is 0.180. The summed E-state index contributed by atoms with van der Waals surface area (Å²) in [6.07, 6.45) is 5.31. The van der Waals surface area contributed by atoms with Gasteiger partial charge in [-0.2, -0.15) is 0 Å². The maximum atomic E-state index is 13.0. The number of benzene rings is 2. The van der Waals surface area contributed by atoms with Crippen LogP contribution in [0.2, 0.25) is 0 Å². The van der Waals surface area contributed by atoms with Crippen LogP contribution in [-0.4, -0.2) is 22.8 Å². The first-order valence-corrected chi connectivity index (χ1v) is 8.92. The van der Waals surface area contributed by atoms with Gasteiger partial charge in [-0.3, -0.25) is 8.71 Å². The van der Waals surface area contributed by atoms with Crippen molar-refractivity contribution >= 4 is 32.3 Å². The van der Waals surface area contributed by atoms with Crippen LogP contribution < -0.4 is 4.31 Å². The highest BCUT2D eigenvalue weighted by atomic mass is 32.2. The zero-order chi connectivity index (χ0) is 16.3. The molecule has 4 aromatic rings. The van der Waals surface area contributed by atoms with Crippen LogP contribution in [-0.2, 0) is 16.6 Å². The maximum Gasteiger partial charge on any atom is 0.265 e. The SMILES string of the molecule is O=S1(=O)c2cccc3cccc(c23)N1Cc1cn2cccnc2n1. The normalized spacial score (nSPS) is 15.4. The summed E-state index contributed by atoms with van der Waals surface area (Å²) in [4.78, 5) is 8.95. The van der Waals surface area contributed by atoms with Crippen molar-refractivity contribution in [3.05, 3.63) is 66.7 Å². The fraction of sp³-hybridized carbons (Fsp3) is 0.0588.